The molecule has 230 valence electrons. The molecule has 0 fully saturated rings. The van der Waals surface area contributed by atoms with Crippen molar-refractivity contribution in [3.05, 3.63) is 81.4 Å². The average molecular weight is 605 g/mol. The van der Waals surface area contributed by atoms with E-state index in [1.807, 2.05) is 25.1 Å². The molecule has 2 aromatic heterocycles. The predicted octanol–water partition coefficient (Wildman–Crippen LogP) is 5.96. The van der Waals surface area contributed by atoms with Crippen molar-refractivity contribution in [2.75, 3.05) is 13.2 Å². The summed E-state index contributed by atoms with van der Waals surface area (Å²) < 4.78 is 42.3. The van der Waals surface area contributed by atoms with Gasteiger partial charge < -0.3 is 14.4 Å². The highest BCUT2D eigenvalue weighted by Gasteiger charge is 2.37. The summed E-state index contributed by atoms with van der Waals surface area (Å²) in [6, 6.07) is 10.9. The van der Waals surface area contributed by atoms with Gasteiger partial charge in [-0.15, -0.1) is 0 Å². The third-order valence-electron chi connectivity index (χ3n) is 8.18. The number of ether oxygens (including phenoxy) is 2. The van der Waals surface area contributed by atoms with E-state index < -0.39 is 23.5 Å². The average Bonchev–Trinajstić information content (AvgIpc) is 3.43. The lowest BCUT2D eigenvalue weighted by Crippen LogP contribution is -2.36. The van der Waals surface area contributed by atoms with Crippen LogP contribution in [0.5, 0.6) is 5.75 Å². The Hall–Kier alpha value is -4.38. The first-order chi connectivity index (χ1) is 21.0. The van der Waals surface area contributed by atoms with Gasteiger partial charge in [-0.05, 0) is 76.6 Å². The molecule has 9 nitrogen and oxygen atoms in total. The van der Waals surface area contributed by atoms with Crippen molar-refractivity contribution in [1.82, 2.24) is 19.5 Å². The van der Waals surface area contributed by atoms with E-state index in [2.05, 4.69) is 21.1 Å². The molecule has 4 aromatic rings. The molecule has 0 radical (unpaired) electrons. The highest BCUT2D eigenvalue weighted by molar-refractivity contribution is 5.94. The molecule has 0 spiro atoms. The monoisotopic (exact) mass is 604 g/mol. The second kappa shape index (κ2) is 11.3. The molecule has 4 heterocycles. The topological polar surface area (TPSA) is 95.3 Å². The molecule has 11 heteroatoms. The number of nitrogens with zero attached hydrogens (tertiary/aromatic N) is 4. The van der Waals surface area contributed by atoms with Crippen LogP contribution in [-0.2, 0) is 33.9 Å². The van der Waals surface area contributed by atoms with Crippen LogP contribution in [0.1, 0.15) is 77.3 Å². The molecular formula is C33H34F2N4O5. The zero-order chi connectivity index (χ0) is 31.3. The van der Waals surface area contributed by atoms with Crippen molar-refractivity contribution in [3.8, 4) is 17.0 Å². The van der Waals surface area contributed by atoms with Crippen LogP contribution >= 0.6 is 0 Å². The summed E-state index contributed by atoms with van der Waals surface area (Å²) in [6.07, 6.45) is 0.443. The van der Waals surface area contributed by atoms with Crippen molar-refractivity contribution in [2.45, 2.75) is 72.1 Å². The van der Waals surface area contributed by atoms with Crippen LogP contribution in [0.2, 0.25) is 0 Å². The summed E-state index contributed by atoms with van der Waals surface area (Å²) in [7, 11) is 0. The van der Waals surface area contributed by atoms with Gasteiger partial charge >= 0.3 is 5.97 Å². The maximum atomic E-state index is 15.6. The molecule has 0 bridgehead atoms. The number of rotatable bonds is 5. The zero-order valence-corrected chi connectivity index (χ0v) is 25.4. The summed E-state index contributed by atoms with van der Waals surface area (Å²) in [5.74, 6) is -1.97. The number of aromatic nitrogens is 3. The minimum Gasteiger partial charge on any atom is -0.490 e. The smallest absolute Gasteiger partial charge is 0.381 e. The molecule has 2 aliphatic rings. The van der Waals surface area contributed by atoms with Gasteiger partial charge in [0.2, 0.25) is 0 Å². The van der Waals surface area contributed by atoms with Crippen molar-refractivity contribution in [1.29, 1.82) is 0 Å². The fourth-order valence-electron chi connectivity index (χ4n) is 6.16. The Labute approximate surface area is 253 Å². The summed E-state index contributed by atoms with van der Waals surface area (Å²) >= 11 is 0. The molecule has 0 N–H and O–H groups in total. The van der Waals surface area contributed by atoms with E-state index in [4.69, 9.17) is 9.47 Å². The van der Waals surface area contributed by atoms with Gasteiger partial charge in [0.25, 0.3) is 5.91 Å². The van der Waals surface area contributed by atoms with Gasteiger partial charge in [0, 0.05) is 46.1 Å². The van der Waals surface area contributed by atoms with E-state index in [0.717, 1.165) is 12.0 Å². The van der Waals surface area contributed by atoms with Crippen LogP contribution < -0.4 is 4.74 Å². The van der Waals surface area contributed by atoms with Crippen LogP contribution in [0.3, 0.4) is 0 Å². The minimum atomic E-state index is -1.57. The van der Waals surface area contributed by atoms with Gasteiger partial charge in [-0.2, -0.15) is 5.10 Å². The summed E-state index contributed by atoms with van der Waals surface area (Å²) in [6.45, 7) is 10.00. The number of carbonyl (C=O) groups excluding carboxylic acids is 2. The normalized spacial score (nSPS) is 15.4. The number of aryl methyl sites for hydroxylation is 1. The molecule has 2 aliphatic heterocycles. The Balaban J connectivity index is 1.57. The number of amides is 1. The summed E-state index contributed by atoms with van der Waals surface area (Å²) in [4.78, 5) is 36.8. The first-order valence-corrected chi connectivity index (χ1v) is 14.7. The van der Waals surface area contributed by atoms with Gasteiger partial charge in [-0.3, -0.25) is 9.74 Å². The van der Waals surface area contributed by atoms with Crippen LogP contribution in [0.25, 0.3) is 16.9 Å². The molecule has 0 aliphatic carbocycles. The molecule has 44 heavy (non-hydrogen) atoms. The molecule has 1 amide bonds. The second-order valence-corrected chi connectivity index (χ2v) is 12.3. The quantitative estimate of drug-likeness (QED) is 0.278. The Morgan fingerprint density at radius 3 is 2.57 bits per heavy atom. The Morgan fingerprint density at radius 1 is 1.09 bits per heavy atom. The van der Waals surface area contributed by atoms with E-state index >= 15 is 4.39 Å². The number of hydrogen-bond acceptors (Lipinski definition) is 7. The Kier molecular flexibility index (Phi) is 7.61. The minimum absolute atomic E-state index is 0.135. The standard InChI is InChI=1S/C33H34F2N4O5/c1-18-22-11-8-14-42-29(22)24(34)15-23(18)28-27(30(32(41)44-35)43-33(3,4)5)19(2)36-26-16-25(37-39(26)28)31(40)38-13-12-20-9-6-7-10-21(20)17-38/h6-7,9-10,15-16,30H,8,11-14,17H2,1-5H3/t30-/m0/s1. The highest BCUT2D eigenvalue weighted by atomic mass is 19.3. The van der Waals surface area contributed by atoms with Crippen molar-refractivity contribution in [3.63, 3.8) is 0 Å². The number of carbonyl (C=O) groups is 2. The van der Waals surface area contributed by atoms with Crippen LogP contribution in [-0.4, -0.2) is 50.1 Å². The fourth-order valence-corrected chi connectivity index (χ4v) is 6.16. The molecule has 0 unspecified atom stereocenters. The van der Waals surface area contributed by atoms with Gasteiger partial charge in [-0.25, -0.2) is 18.7 Å². The Bertz CT molecular complexity index is 1800. The number of halogens is 2. The van der Waals surface area contributed by atoms with E-state index in [-0.39, 0.29) is 28.6 Å². The first-order valence-electron chi connectivity index (χ1n) is 14.7. The molecule has 6 rings (SSSR count). The second-order valence-electron chi connectivity index (χ2n) is 12.3. The van der Waals surface area contributed by atoms with Crippen LogP contribution in [0.15, 0.2) is 36.4 Å². The maximum Gasteiger partial charge on any atom is 0.381 e. The SMILES string of the molecule is Cc1nc2cc(C(=O)N3CCc4ccccc4C3)nn2c(-c2cc(F)c3c(c2C)CCCO3)c1[C@H](OC(C)(C)C)C(=O)OF. The van der Waals surface area contributed by atoms with Gasteiger partial charge in [0.1, 0.15) is 0 Å². The van der Waals surface area contributed by atoms with E-state index in [9.17, 15) is 14.1 Å². The van der Waals surface area contributed by atoms with Crippen molar-refractivity contribution in [2.24, 2.45) is 0 Å². The van der Waals surface area contributed by atoms with Gasteiger partial charge in [0.15, 0.2) is 29.0 Å². The van der Waals surface area contributed by atoms with Crippen molar-refractivity contribution >= 4 is 17.5 Å². The Morgan fingerprint density at radius 2 is 1.84 bits per heavy atom. The number of hydrogen-bond donors (Lipinski definition) is 0. The van der Waals surface area contributed by atoms with Gasteiger partial charge in [0.05, 0.1) is 17.9 Å². The van der Waals surface area contributed by atoms with Crippen molar-refractivity contribution < 1.29 is 32.9 Å². The molecule has 2 aromatic carbocycles. The van der Waals surface area contributed by atoms with Crippen LogP contribution in [0, 0.1) is 19.7 Å². The van der Waals surface area contributed by atoms with E-state index in [1.165, 1.54) is 16.1 Å². The lowest BCUT2D eigenvalue weighted by molar-refractivity contribution is -0.205. The van der Waals surface area contributed by atoms with Crippen LogP contribution in [0.4, 0.5) is 8.92 Å². The lowest BCUT2D eigenvalue weighted by Gasteiger charge is -2.29. The predicted molar refractivity (Wildman–Crippen MR) is 157 cm³/mol. The van der Waals surface area contributed by atoms with E-state index in [0.29, 0.717) is 60.6 Å². The fraction of sp³-hybridized carbons (Fsp3) is 0.394. The largest absolute Gasteiger partial charge is 0.490 e. The lowest BCUT2D eigenvalue weighted by atomic mass is 9.91. The third-order valence-corrected chi connectivity index (χ3v) is 8.18. The molecule has 0 saturated carbocycles. The van der Waals surface area contributed by atoms with E-state index in [1.54, 1.807) is 38.7 Å². The molecule has 0 saturated heterocycles. The third kappa shape index (κ3) is 5.29. The maximum absolute atomic E-state index is 15.6. The summed E-state index contributed by atoms with van der Waals surface area (Å²) in [5, 5.41) is 4.68. The zero-order valence-electron chi connectivity index (χ0n) is 25.4. The summed E-state index contributed by atoms with van der Waals surface area (Å²) in [5.41, 5.74) is 4.31. The molecule has 1 atom stereocenters. The van der Waals surface area contributed by atoms with Gasteiger partial charge in [-0.1, -0.05) is 24.3 Å². The molecular weight excluding hydrogens is 570 g/mol. The number of fused-ring (bicyclic) bond motifs is 3. The first kappa shape index (κ1) is 29.7. The highest BCUT2D eigenvalue weighted by Crippen LogP contribution is 2.42. The number of benzene rings is 2.